The second kappa shape index (κ2) is 17.6. The van der Waals surface area contributed by atoms with E-state index >= 15 is 0 Å². The molecule has 5 nitrogen and oxygen atoms in total. The Morgan fingerprint density at radius 3 is 1.05 bits per heavy atom. The average Bonchev–Trinajstić information content (AvgIpc) is 2.74. The summed E-state index contributed by atoms with van der Waals surface area (Å²) < 4.78 is 15.1. The van der Waals surface area contributed by atoms with Crippen LogP contribution in [0.25, 0.3) is 177 Å². The van der Waals surface area contributed by atoms with Crippen LogP contribution in [0.15, 0.2) is 261 Å². The maximum absolute atomic E-state index is 5.60. The molecule has 0 radical (unpaired) electrons. The van der Waals surface area contributed by atoms with Crippen LogP contribution in [0.4, 0.5) is 0 Å². The molecule has 19 aromatic rings. The van der Waals surface area contributed by atoms with E-state index in [1.54, 1.807) is 0 Å². The van der Waals surface area contributed by atoms with Gasteiger partial charge in [0.15, 0.2) is 5.82 Å². The lowest BCUT2D eigenvalue weighted by Crippen LogP contribution is -1.99. The maximum atomic E-state index is 5.60. The number of rotatable bonds is 6. The van der Waals surface area contributed by atoms with Crippen molar-refractivity contribution in [3.63, 3.8) is 0 Å². The predicted molar refractivity (Wildman–Crippen MR) is 360 cm³/mol. The van der Waals surface area contributed by atoms with Gasteiger partial charge in [0.05, 0.1) is 58.6 Å². The van der Waals surface area contributed by atoms with Gasteiger partial charge >= 0.3 is 0 Å². The summed E-state index contributed by atoms with van der Waals surface area (Å²) in [7, 11) is 0. The Balaban J connectivity index is 0.816. The number of hydrogen-bond donors (Lipinski definition) is 0. The minimum atomic E-state index is 0.657. The number of hydrogen-bond acceptors (Lipinski definition) is 5. The summed E-state index contributed by atoms with van der Waals surface area (Å²) in [5, 5.41) is 15.2. The Hall–Kier alpha value is -10.2. The fraction of sp³-hybridized carbons (Fsp3) is 0. The molecule has 0 amide bonds. The highest BCUT2D eigenvalue weighted by Gasteiger charge is 2.23. The number of para-hydroxylation sites is 3. The van der Waals surface area contributed by atoms with Crippen molar-refractivity contribution in [2.24, 2.45) is 0 Å². The number of fused-ring (bicyclic) bond motifs is 21. The molecular weight excluding hydrogens is 1080 g/mol. The van der Waals surface area contributed by atoms with E-state index < -0.39 is 0 Å². The van der Waals surface area contributed by atoms with Crippen LogP contribution < -0.4 is 0 Å². The van der Waals surface area contributed by atoms with Crippen molar-refractivity contribution in [1.29, 1.82) is 0 Å². The molecule has 390 valence electrons. The highest BCUT2D eigenvalue weighted by Crippen LogP contribution is 2.47. The summed E-state index contributed by atoms with van der Waals surface area (Å²) in [6.07, 6.45) is 0. The predicted octanol–water partition coefficient (Wildman–Crippen LogP) is 21.9. The van der Waals surface area contributed by atoms with Gasteiger partial charge in [-0.2, -0.15) is 0 Å². The number of thiophene rings is 3. The van der Waals surface area contributed by atoms with Gasteiger partial charge in [0.25, 0.3) is 0 Å². The molecule has 0 unspecified atom stereocenters. The lowest BCUT2D eigenvalue weighted by Gasteiger charge is -2.14. The van der Waals surface area contributed by atoms with Gasteiger partial charge in [-0.15, -0.1) is 34.0 Å². The molecule has 12 aromatic carbocycles. The zero-order valence-electron chi connectivity index (χ0n) is 44.8. The highest BCUT2D eigenvalue weighted by molar-refractivity contribution is 7.27. The third kappa shape index (κ3) is 6.64. The zero-order valence-corrected chi connectivity index (χ0v) is 47.2. The Kier molecular flexibility index (Phi) is 9.75. The molecule has 8 heteroatoms. The van der Waals surface area contributed by atoms with Crippen molar-refractivity contribution in [3.05, 3.63) is 261 Å². The average molecular weight is 1120 g/mol. The van der Waals surface area contributed by atoms with Crippen LogP contribution in [0.3, 0.4) is 0 Å². The minimum Gasteiger partial charge on any atom is -0.308 e. The molecule has 84 heavy (non-hydrogen) atoms. The van der Waals surface area contributed by atoms with E-state index in [1.807, 2.05) is 34.0 Å². The van der Waals surface area contributed by atoms with Gasteiger partial charge < -0.3 is 13.7 Å². The van der Waals surface area contributed by atoms with Crippen LogP contribution >= 0.6 is 34.0 Å². The van der Waals surface area contributed by atoms with Gasteiger partial charge in [0.1, 0.15) is 0 Å². The number of nitrogens with zero attached hydrogens (tertiary/aromatic N) is 5. The van der Waals surface area contributed by atoms with E-state index in [0.717, 1.165) is 50.7 Å². The van der Waals surface area contributed by atoms with Crippen LogP contribution in [-0.2, 0) is 0 Å². The molecule has 0 aliphatic carbocycles. The second-order valence-electron chi connectivity index (χ2n) is 22.0. The van der Waals surface area contributed by atoms with Crippen molar-refractivity contribution < 1.29 is 0 Å². The summed E-state index contributed by atoms with van der Waals surface area (Å²) >= 11 is 5.62. The van der Waals surface area contributed by atoms with E-state index in [1.165, 1.54) is 120 Å². The van der Waals surface area contributed by atoms with Gasteiger partial charge in [0, 0.05) is 112 Å². The quantitative estimate of drug-likeness (QED) is 0.166. The molecule has 0 spiro atoms. The van der Waals surface area contributed by atoms with Crippen molar-refractivity contribution in [2.75, 3.05) is 0 Å². The largest absolute Gasteiger partial charge is 0.308 e. The molecule has 0 aliphatic heterocycles. The summed E-state index contributed by atoms with van der Waals surface area (Å²) in [5.74, 6) is 0.657. The molecule has 0 saturated heterocycles. The van der Waals surface area contributed by atoms with Crippen molar-refractivity contribution in [2.45, 2.75) is 0 Å². The fourth-order valence-electron chi connectivity index (χ4n) is 13.7. The summed E-state index contributed by atoms with van der Waals surface area (Å²) in [6.45, 7) is 0. The summed E-state index contributed by atoms with van der Waals surface area (Å²) in [5.41, 5.74) is 15.1. The van der Waals surface area contributed by atoms with Gasteiger partial charge in [-0.05, 0) is 78.9 Å². The standard InChI is InChI=1S/C76H43N5S3/c1-7-25-64-50(19-1)56-35-38-59-53-22-4-10-28-67(53)82-73(59)70(56)79(64)47-33-31-44(32-34-47)62-43-63(45-15-13-17-48(41-45)80-65-26-8-2-20-51(65)57-36-39-60-54-23-5-11-29-68(54)83-74(60)71(57)80)78-76(77-62)46-16-14-18-49(42-46)81-66-27-9-3-21-52(66)58-37-40-61-55-24-6-12-30-69(55)84-75(61)72(58)81/h1-43H. The number of aromatic nitrogens is 5. The third-order valence-corrected chi connectivity index (χ3v) is 21.0. The van der Waals surface area contributed by atoms with E-state index in [9.17, 15) is 0 Å². The Labute approximate surface area is 492 Å². The first-order chi connectivity index (χ1) is 41.6. The Morgan fingerprint density at radius 1 is 0.238 bits per heavy atom. The fourth-order valence-corrected chi connectivity index (χ4v) is 17.5. The monoisotopic (exact) mass is 1120 g/mol. The van der Waals surface area contributed by atoms with E-state index in [-0.39, 0.29) is 0 Å². The first-order valence-corrected chi connectivity index (χ1v) is 30.8. The van der Waals surface area contributed by atoms with Crippen LogP contribution in [0, 0.1) is 0 Å². The SMILES string of the molecule is c1cc(-c2cc(-c3ccc(-n4c5ccccc5c5ccc6c7ccccc7sc6c54)cc3)nc(-c3cccc(-n4c5ccccc5c5ccc6c7ccccc7sc6c54)c3)n2)cc(-n2c3ccccc3c3ccc4c5ccccc5sc4c32)c1. The molecule has 0 bridgehead atoms. The molecule has 0 fully saturated rings. The molecule has 0 aliphatic rings. The van der Waals surface area contributed by atoms with Crippen molar-refractivity contribution >= 4 is 160 Å². The van der Waals surface area contributed by atoms with Crippen molar-refractivity contribution in [3.8, 4) is 51.0 Å². The third-order valence-electron chi connectivity index (χ3n) is 17.4. The Bertz CT molecular complexity index is 5750. The van der Waals surface area contributed by atoms with E-state index in [4.69, 9.17) is 9.97 Å². The molecule has 0 N–H and O–H groups in total. The zero-order chi connectivity index (χ0) is 54.7. The molecule has 19 rings (SSSR count). The Morgan fingerprint density at radius 2 is 0.595 bits per heavy atom. The highest BCUT2D eigenvalue weighted by atomic mass is 32.1. The van der Waals surface area contributed by atoms with E-state index in [2.05, 4.69) is 275 Å². The maximum Gasteiger partial charge on any atom is 0.160 e. The van der Waals surface area contributed by atoms with Crippen LogP contribution in [-0.4, -0.2) is 23.7 Å². The van der Waals surface area contributed by atoms with Gasteiger partial charge in [0.2, 0.25) is 0 Å². The first-order valence-electron chi connectivity index (χ1n) is 28.4. The minimum absolute atomic E-state index is 0.657. The summed E-state index contributed by atoms with van der Waals surface area (Å²) in [6, 6.07) is 95.7. The van der Waals surface area contributed by atoms with E-state index in [0.29, 0.717) is 5.82 Å². The normalized spacial score (nSPS) is 12.3. The molecule has 7 aromatic heterocycles. The summed E-state index contributed by atoms with van der Waals surface area (Å²) in [4.78, 5) is 11.2. The molecule has 0 saturated carbocycles. The molecule has 0 atom stereocenters. The van der Waals surface area contributed by atoms with Gasteiger partial charge in [-0.25, -0.2) is 9.97 Å². The lowest BCUT2D eigenvalue weighted by atomic mass is 10.0. The van der Waals surface area contributed by atoms with Crippen LogP contribution in [0.1, 0.15) is 0 Å². The number of benzene rings is 12. The topological polar surface area (TPSA) is 40.6 Å². The lowest BCUT2D eigenvalue weighted by molar-refractivity contribution is 1.15. The second-order valence-corrected chi connectivity index (χ2v) is 25.1. The van der Waals surface area contributed by atoms with Gasteiger partial charge in [-0.1, -0.05) is 182 Å². The van der Waals surface area contributed by atoms with Crippen LogP contribution in [0.2, 0.25) is 0 Å². The molecule has 7 heterocycles. The van der Waals surface area contributed by atoms with Crippen molar-refractivity contribution in [1.82, 2.24) is 23.7 Å². The first kappa shape index (κ1) is 46.4. The smallest absolute Gasteiger partial charge is 0.160 e. The van der Waals surface area contributed by atoms with Gasteiger partial charge in [-0.3, -0.25) is 0 Å². The molecular formula is C76H43N5S3. The van der Waals surface area contributed by atoms with Crippen LogP contribution in [0.5, 0.6) is 0 Å².